The summed E-state index contributed by atoms with van der Waals surface area (Å²) in [5, 5.41) is 14.0. The molecule has 1 N–H and O–H groups in total. The minimum Gasteiger partial charge on any atom is -0.497 e. The summed E-state index contributed by atoms with van der Waals surface area (Å²) in [7, 11) is 3.26. The number of ether oxygens (including phenoxy) is 1. The Morgan fingerprint density at radius 2 is 2.07 bits per heavy atom. The molecular formula is C19H18N6O3. The first-order valence-corrected chi connectivity index (χ1v) is 8.65. The Labute approximate surface area is 160 Å². The zero-order chi connectivity index (χ0) is 19.7. The molecule has 142 valence electrons. The van der Waals surface area contributed by atoms with Gasteiger partial charge in [0, 0.05) is 37.0 Å². The number of carbonyl (C=O) groups is 2. The molecule has 0 saturated carbocycles. The zero-order valence-corrected chi connectivity index (χ0v) is 15.4. The first-order chi connectivity index (χ1) is 13.6. The Morgan fingerprint density at radius 1 is 1.25 bits per heavy atom. The van der Waals surface area contributed by atoms with Crippen molar-refractivity contribution >= 4 is 23.2 Å². The van der Waals surface area contributed by atoms with E-state index in [2.05, 4.69) is 20.8 Å². The molecule has 1 unspecified atom stereocenters. The van der Waals surface area contributed by atoms with Gasteiger partial charge in [-0.2, -0.15) is 0 Å². The second kappa shape index (κ2) is 7.10. The van der Waals surface area contributed by atoms with Crippen molar-refractivity contribution in [2.24, 2.45) is 0 Å². The molecule has 2 amide bonds. The molecule has 0 aliphatic carbocycles. The van der Waals surface area contributed by atoms with E-state index in [1.165, 1.54) is 18.1 Å². The monoisotopic (exact) mass is 378 g/mol. The van der Waals surface area contributed by atoms with Gasteiger partial charge in [0.2, 0.25) is 11.8 Å². The topological polar surface area (TPSA) is 102 Å². The quantitative estimate of drug-likeness (QED) is 0.742. The Kier molecular flexibility index (Phi) is 4.48. The summed E-state index contributed by atoms with van der Waals surface area (Å²) in [5.74, 6) is -0.380. The summed E-state index contributed by atoms with van der Waals surface area (Å²) in [6.07, 6.45) is 1.56. The molecule has 4 rings (SSSR count). The molecule has 1 aliphatic rings. The first kappa shape index (κ1) is 17.7. The lowest BCUT2D eigenvalue weighted by Crippen LogP contribution is -2.37. The molecule has 0 bridgehead atoms. The lowest BCUT2D eigenvalue weighted by molar-refractivity contribution is -0.124. The number of anilines is 2. The number of para-hydroxylation sites is 1. The SMILES string of the molecule is COc1cc(NC(=O)C2CC(=O)N(C)c3ccccc32)cc(-n2cnnn2)c1. The van der Waals surface area contributed by atoms with Crippen molar-refractivity contribution in [2.45, 2.75) is 12.3 Å². The maximum absolute atomic E-state index is 13.0. The molecule has 2 aromatic carbocycles. The largest absolute Gasteiger partial charge is 0.497 e. The highest BCUT2D eigenvalue weighted by Gasteiger charge is 2.33. The van der Waals surface area contributed by atoms with Gasteiger partial charge in [0.05, 0.1) is 18.7 Å². The van der Waals surface area contributed by atoms with E-state index >= 15 is 0 Å². The second-order valence-corrected chi connectivity index (χ2v) is 6.43. The molecular weight excluding hydrogens is 360 g/mol. The predicted molar refractivity (Wildman–Crippen MR) is 102 cm³/mol. The van der Waals surface area contributed by atoms with Crippen LogP contribution in [0.15, 0.2) is 48.8 Å². The van der Waals surface area contributed by atoms with Gasteiger partial charge in [-0.25, -0.2) is 4.68 Å². The number of nitrogens with one attached hydrogen (secondary N) is 1. The van der Waals surface area contributed by atoms with E-state index in [0.29, 0.717) is 17.1 Å². The Balaban J connectivity index is 1.65. The highest BCUT2D eigenvalue weighted by Crippen LogP contribution is 2.36. The third kappa shape index (κ3) is 3.18. The molecule has 0 saturated heterocycles. The smallest absolute Gasteiger partial charge is 0.232 e. The maximum atomic E-state index is 13.0. The van der Waals surface area contributed by atoms with Gasteiger partial charge in [0.25, 0.3) is 0 Å². The summed E-state index contributed by atoms with van der Waals surface area (Å²) >= 11 is 0. The number of hydrogen-bond donors (Lipinski definition) is 1. The molecule has 1 aliphatic heterocycles. The average molecular weight is 378 g/mol. The van der Waals surface area contributed by atoms with E-state index in [9.17, 15) is 9.59 Å². The van der Waals surface area contributed by atoms with E-state index in [1.807, 2.05) is 24.3 Å². The van der Waals surface area contributed by atoms with Crippen LogP contribution in [0.25, 0.3) is 5.69 Å². The zero-order valence-electron chi connectivity index (χ0n) is 15.4. The minimum atomic E-state index is -0.567. The van der Waals surface area contributed by atoms with Gasteiger partial charge in [-0.1, -0.05) is 18.2 Å². The Morgan fingerprint density at radius 3 is 2.82 bits per heavy atom. The number of carbonyl (C=O) groups excluding carboxylic acids is 2. The van der Waals surface area contributed by atoms with Gasteiger partial charge in [0.1, 0.15) is 12.1 Å². The van der Waals surface area contributed by atoms with Gasteiger partial charge in [0.15, 0.2) is 0 Å². The van der Waals surface area contributed by atoms with E-state index in [4.69, 9.17) is 4.74 Å². The highest BCUT2D eigenvalue weighted by molar-refractivity contribution is 6.06. The average Bonchev–Trinajstić information content (AvgIpc) is 3.25. The molecule has 0 fully saturated rings. The Hall–Kier alpha value is -3.75. The molecule has 1 aromatic heterocycles. The third-order valence-electron chi connectivity index (χ3n) is 4.75. The standard InChI is InChI=1S/C19H18N6O3/c1-24-17-6-4-3-5-15(17)16(10-18(24)26)19(27)21-12-7-13(9-14(8-12)28-2)25-11-20-22-23-25/h3-9,11,16H,10H2,1-2H3,(H,21,27). The van der Waals surface area contributed by atoms with Crippen LogP contribution < -0.4 is 15.0 Å². The number of rotatable bonds is 4. The molecule has 9 heteroatoms. The highest BCUT2D eigenvalue weighted by atomic mass is 16.5. The maximum Gasteiger partial charge on any atom is 0.232 e. The number of hydrogen-bond acceptors (Lipinski definition) is 6. The van der Waals surface area contributed by atoms with Crippen molar-refractivity contribution in [3.63, 3.8) is 0 Å². The van der Waals surface area contributed by atoms with E-state index in [0.717, 1.165) is 11.3 Å². The fraction of sp³-hybridized carbons (Fsp3) is 0.211. The number of nitrogens with zero attached hydrogens (tertiary/aromatic N) is 5. The Bertz CT molecular complexity index is 1030. The number of fused-ring (bicyclic) bond motifs is 1. The van der Waals surface area contributed by atoms with Crippen molar-refractivity contribution in [3.8, 4) is 11.4 Å². The lowest BCUT2D eigenvalue weighted by Gasteiger charge is -2.30. The lowest BCUT2D eigenvalue weighted by atomic mass is 9.89. The minimum absolute atomic E-state index is 0.0983. The number of tetrazole rings is 1. The van der Waals surface area contributed by atoms with Gasteiger partial charge in [-0.15, -0.1) is 5.10 Å². The van der Waals surface area contributed by atoms with Gasteiger partial charge >= 0.3 is 0 Å². The summed E-state index contributed by atoms with van der Waals surface area (Å²) in [4.78, 5) is 26.9. The molecule has 0 spiro atoms. The molecule has 9 nitrogen and oxygen atoms in total. The number of methoxy groups -OCH3 is 1. The van der Waals surface area contributed by atoms with Crippen molar-refractivity contribution in [1.82, 2.24) is 20.2 Å². The van der Waals surface area contributed by atoms with Crippen molar-refractivity contribution < 1.29 is 14.3 Å². The second-order valence-electron chi connectivity index (χ2n) is 6.43. The van der Waals surface area contributed by atoms with Crippen LogP contribution in [0.1, 0.15) is 17.9 Å². The summed E-state index contributed by atoms with van der Waals surface area (Å²) in [5.41, 5.74) is 2.74. The molecule has 0 radical (unpaired) electrons. The summed E-state index contributed by atoms with van der Waals surface area (Å²) in [6, 6.07) is 12.6. The van der Waals surface area contributed by atoms with Gasteiger partial charge in [-0.3, -0.25) is 9.59 Å². The normalized spacial score (nSPS) is 15.9. The molecule has 1 atom stereocenters. The fourth-order valence-electron chi connectivity index (χ4n) is 3.29. The van der Waals surface area contributed by atoms with Crippen LogP contribution in [0.5, 0.6) is 5.75 Å². The third-order valence-corrected chi connectivity index (χ3v) is 4.75. The fourth-order valence-corrected chi connectivity index (χ4v) is 3.29. The number of benzene rings is 2. The van der Waals surface area contributed by atoms with Crippen LogP contribution in [0, 0.1) is 0 Å². The first-order valence-electron chi connectivity index (χ1n) is 8.65. The number of aromatic nitrogens is 4. The predicted octanol–water partition coefficient (Wildman–Crippen LogP) is 1.76. The van der Waals surface area contributed by atoms with Crippen molar-refractivity contribution in [1.29, 1.82) is 0 Å². The molecule has 2 heterocycles. The van der Waals surface area contributed by atoms with Crippen molar-refractivity contribution in [2.75, 3.05) is 24.4 Å². The van der Waals surface area contributed by atoms with E-state index in [1.54, 1.807) is 30.1 Å². The van der Waals surface area contributed by atoms with Crippen LogP contribution >= 0.6 is 0 Å². The summed E-state index contributed by atoms with van der Waals surface area (Å²) < 4.78 is 6.78. The van der Waals surface area contributed by atoms with E-state index in [-0.39, 0.29) is 18.2 Å². The molecule has 28 heavy (non-hydrogen) atoms. The van der Waals surface area contributed by atoms with Crippen LogP contribution in [-0.4, -0.2) is 46.2 Å². The van der Waals surface area contributed by atoms with Gasteiger partial charge in [-0.05, 0) is 28.1 Å². The summed E-state index contributed by atoms with van der Waals surface area (Å²) in [6.45, 7) is 0. The van der Waals surface area contributed by atoms with Crippen LogP contribution in [0.3, 0.4) is 0 Å². The van der Waals surface area contributed by atoms with E-state index < -0.39 is 5.92 Å². The number of amides is 2. The molecule has 3 aromatic rings. The van der Waals surface area contributed by atoms with Crippen molar-refractivity contribution in [3.05, 3.63) is 54.4 Å². The van der Waals surface area contributed by atoms with Gasteiger partial charge < -0.3 is 15.0 Å². The van der Waals surface area contributed by atoms with Crippen LogP contribution in [-0.2, 0) is 9.59 Å². The van der Waals surface area contributed by atoms with Crippen LogP contribution in [0.4, 0.5) is 11.4 Å². The van der Waals surface area contributed by atoms with Crippen LogP contribution in [0.2, 0.25) is 0 Å².